The summed E-state index contributed by atoms with van der Waals surface area (Å²) >= 11 is 0. The first-order chi connectivity index (χ1) is 11.9. The zero-order valence-corrected chi connectivity index (χ0v) is 15.2. The summed E-state index contributed by atoms with van der Waals surface area (Å²) in [5.41, 5.74) is 3.70. The first kappa shape index (κ1) is 17.7. The molecule has 0 spiro atoms. The Balaban J connectivity index is 1.57. The summed E-state index contributed by atoms with van der Waals surface area (Å²) in [7, 11) is -3.50. The van der Waals surface area contributed by atoms with Crippen LogP contribution >= 0.6 is 0 Å². The Hall–Kier alpha value is -2.15. The normalized spacial score (nSPS) is 13.7. The highest BCUT2D eigenvalue weighted by Gasteiger charge is 2.20. The smallest absolute Gasteiger partial charge is 0.307 e. The topological polar surface area (TPSA) is 86.5 Å². The average Bonchev–Trinajstić information content (AvgIpc) is 3.17. The number of esters is 1. The number of sulfone groups is 1. The number of benzene rings is 1. The number of ether oxygens (including phenoxy) is 1. The van der Waals surface area contributed by atoms with E-state index in [0.717, 1.165) is 30.4 Å². The van der Waals surface area contributed by atoms with Crippen molar-refractivity contribution in [2.24, 2.45) is 0 Å². The molecule has 1 aliphatic rings. The average molecular weight is 363 g/mol. The van der Waals surface area contributed by atoms with E-state index in [0.29, 0.717) is 11.5 Å². The monoisotopic (exact) mass is 363 g/mol. The van der Waals surface area contributed by atoms with Gasteiger partial charge in [0.15, 0.2) is 9.84 Å². The molecular weight excluding hydrogens is 342 g/mol. The molecule has 0 radical (unpaired) electrons. The number of aryl methyl sites for hydroxylation is 4. The van der Waals surface area contributed by atoms with Crippen molar-refractivity contribution in [1.82, 2.24) is 5.16 Å². The van der Waals surface area contributed by atoms with Crippen LogP contribution in [0.5, 0.6) is 0 Å². The Morgan fingerprint density at radius 2 is 2.00 bits per heavy atom. The van der Waals surface area contributed by atoms with Crippen LogP contribution in [-0.2, 0) is 38.8 Å². The molecule has 7 heteroatoms. The fourth-order valence-electron chi connectivity index (χ4n) is 3.01. The molecule has 2 aromatic rings. The first-order valence-electron chi connectivity index (χ1n) is 8.29. The lowest BCUT2D eigenvalue weighted by atomic mass is 10.1. The van der Waals surface area contributed by atoms with Gasteiger partial charge in [-0.25, -0.2) is 8.42 Å². The Morgan fingerprint density at radius 3 is 2.72 bits per heavy atom. The second kappa shape index (κ2) is 7.00. The molecule has 3 rings (SSSR count). The molecule has 0 aliphatic heterocycles. The summed E-state index contributed by atoms with van der Waals surface area (Å²) in [6.45, 7) is 3.54. The summed E-state index contributed by atoms with van der Waals surface area (Å²) in [6, 6.07) is 5.26. The van der Waals surface area contributed by atoms with Gasteiger partial charge in [0.25, 0.3) is 0 Å². The fourth-order valence-corrected chi connectivity index (χ4v) is 4.28. The van der Waals surface area contributed by atoms with Crippen molar-refractivity contribution in [1.29, 1.82) is 0 Å². The number of hydrogen-bond acceptors (Lipinski definition) is 6. The minimum absolute atomic E-state index is 0.0406. The molecule has 25 heavy (non-hydrogen) atoms. The van der Waals surface area contributed by atoms with E-state index in [-0.39, 0.29) is 23.7 Å². The van der Waals surface area contributed by atoms with Crippen LogP contribution in [0.1, 0.15) is 41.0 Å². The molecule has 0 N–H and O–H groups in total. The number of fused-ring (bicyclic) bond motifs is 1. The number of carbonyl (C=O) groups is 1. The third-order valence-corrected chi connectivity index (χ3v) is 6.28. The van der Waals surface area contributed by atoms with Gasteiger partial charge in [-0.15, -0.1) is 0 Å². The highest BCUT2D eigenvalue weighted by atomic mass is 32.2. The van der Waals surface area contributed by atoms with Gasteiger partial charge in [-0.2, -0.15) is 0 Å². The second-order valence-electron chi connectivity index (χ2n) is 6.32. The number of hydrogen-bond donors (Lipinski definition) is 0. The van der Waals surface area contributed by atoms with Gasteiger partial charge in [0.05, 0.1) is 28.3 Å². The SMILES string of the molecule is Cc1noc(C)c1COC(=O)CCS(=O)(=O)c1ccc2c(c1)CCC2. The van der Waals surface area contributed by atoms with Crippen molar-refractivity contribution < 1.29 is 22.5 Å². The van der Waals surface area contributed by atoms with E-state index >= 15 is 0 Å². The van der Waals surface area contributed by atoms with Crippen molar-refractivity contribution >= 4 is 15.8 Å². The first-order valence-corrected chi connectivity index (χ1v) is 9.94. The lowest BCUT2D eigenvalue weighted by molar-refractivity contribution is -0.144. The lowest BCUT2D eigenvalue weighted by Crippen LogP contribution is -2.14. The van der Waals surface area contributed by atoms with Gasteiger partial charge in [-0.1, -0.05) is 11.2 Å². The summed E-state index contributed by atoms with van der Waals surface area (Å²) < 4.78 is 35.0. The third-order valence-electron chi connectivity index (χ3n) is 4.56. The number of carbonyl (C=O) groups excluding carboxylic acids is 1. The molecule has 1 aliphatic carbocycles. The van der Waals surface area contributed by atoms with Gasteiger partial charge in [-0.3, -0.25) is 4.79 Å². The third kappa shape index (κ3) is 3.92. The minimum Gasteiger partial charge on any atom is -0.461 e. The fraction of sp³-hybridized carbons (Fsp3) is 0.444. The maximum absolute atomic E-state index is 12.4. The second-order valence-corrected chi connectivity index (χ2v) is 8.43. The molecule has 0 saturated heterocycles. The van der Waals surface area contributed by atoms with Crippen LogP contribution in [-0.4, -0.2) is 25.3 Å². The van der Waals surface area contributed by atoms with Crippen molar-refractivity contribution in [2.45, 2.75) is 51.0 Å². The molecule has 1 aromatic carbocycles. The summed E-state index contributed by atoms with van der Waals surface area (Å²) in [6.07, 6.45) is 2.80. The minimum atomic E-state index is -3.50. The molecule has 0 bridgehead atoms. The van der Waals surface area contributed by atoms with E-state index in [1.165, 1.54) is 5.56 Å². The van der Waals surface area contributed by atoms with Crippen LogP contribution in [0.15, 0.2) is 27.6 Å². The number of nitrogens with zero attached hydrogens (tertiary/aromatic N) is 1. The molecule has 0 saturated carbocycles. The maximum atomic E-state index is 12.4. The number of rotatable bonds is 6. The van der Waals surface area contributed by atoms with E-state index < -0.39 is 15.8 Å². The highest BCUT2D eigenvalue weighted by molar-refractivity contribution is 7.91. The van der Waals surface area contributed by atoms with Gasteiger partial charge in [0.1, 0.15) is 12.4 Å². The largest absolute Gasteiger partial charge is 0.461 e. The molecule has 0 fully saturated rings. The van der Waals surface area contributed by atoms with Gasteiger partial charge < -0.3 is 9.26 Å². The molecule has 1 heterocycles. The molecule has 0 amide bonds. The van der Waals surface area contributed by atoms with E-state index in [2.05, 4.69) is 5.16 Å². The number of aromatic nitrogens is 1. The van der Waals surface area contributed by atoms with Crippen molar-refractivity contribution in [3.8, 4) is 0 Å². The highest BCUT2D eigenvalue weighted by Crippen LogP contribution is 2.25. The van der Waals surface area contributed by atoms with Gasteiger partial charge in [0.2, 0.25) is 0 Å². The van der Waals surface area contributed by atoms with Crippen molar-refractivity contribution in [2.75, 3.05) is 5.75 Å². The molecular formula is C18H21NO5S. The summed E-state index contributed by atoms with van der Waals surface area (Å²) in [5, 5.41) is 3.79. The van der Waals surface area contributed by atoms with Gasteiger partial charge >= 0.3 is 5.97 Å². The summed E-state index contributed by atoms with van der Waals surface area (Å²) in [4.78, 5) is 12.2. The Kier molecular flexibility index (Phi) is 4.94. The van der Waals surface area contributed by atoms with E-state index in [1.807, 2.05) is 6.07 Å². The van der Waals surface area contributed by atoms with Crippen LogP contribution in [0.4, 0.5) is 0 Å². The molecule has 1 aromatic heterocycles. The Morgan fingerprint density at radius 1 is 1.24 bits per heavy atom. The van der Waals surface area contributed by atoms with Crippen LogP contribution in [0, 0.1) is 13.8 Å². The Bertz CT molecular complexity index is 879. The standard InChI is InChI=1S/C18H21NO5S/c1-12-17(13(2)24-19-12)11-23-18(20)8-9-25(21,22)16-7-6-14-4-3-5-15(14)10-16/h6-7,10H,3-5,8-9,11H2,1-2H3. The van der Waals surface area contributed by atoms with E-state index in [1.54, 1.807) is 26.0 Å². The summed E-state index contributed by atoms with van der Waals surface area (Å²) in [5.74, 6) is -0.215. The van der Waals surface area contributed by atoms with Crippen LogP contribution in [0.25, 0.3) is 0 Å². The molecule has 0 unspecified atom stereocenters. The predicted octanol–water partition coefficient (Wildman–Crippen LogP) is 2.69. The van der Waals surface area contributed by atoms with Gasteiger partial charge in [0, 0.05) is 0 Å². The molecule has 0 atom stereocenters. The van der Waals surface area contributed by atoms with Crippen molar-refractivity contribution in [3.05, 3.63) is 46.3 Å². The van der Waals surface area contributed by atoms with Gasteiger partial charge in [-0.05, 0) is 56.4 Å². The Labute approximate surface area is 147 Å². The molecule has 134 valence electrons. The van der Waals surface area contributed by atoms with Crippen LogP contribution in [0.2, 0.25) is 0 Å². The quantitative estimate of drug-likeness (QED) is 0.734. The zero-order valence-electron chi connectivity index (χ0n) is 14.4. The van der Waals surface area contributed by atoms with Crippen LogP contribution in [0.3, 0.4) is 0 Å². The van der Waals surface area contributed by atoms with Crippen molar-refractivity contribution in [3.63, 3.8) is 0 Å². The molecule has 6 nitrogen and oxygen atoms in total. The van der Waals surface area contributed by atoms with E-state index in [4.69, 9.17) is 9.26 Å². The maximum Gasteiger partial charge on any atom is 0.307 e. The predicted molar refractivity (Wildman–Crippen MR) is 90.9 cm³/mol. The lowest BCUT2D eigenvalue weighted by Gasteiger charge is -2.07. The van der Waals surface area contributed by atoms with E-state index in [9.17, 15) is 13.2 Å². The van der Waals surface area contributed by atoms with Crippen LogP contribution < -0.4 is 0 Å². The zero-order chi connectivity index (χ0) is 18.0.